The molecule has 0 atom stereocenters. The van der Waals surface area contributed by atoms with Crippen LogP contribution in [0.25, 0.3) is 21.8 Å². The first-order chi connectivity index (χ1) is 19.0. The molecule has 0 radical (unpaired) electrons. The highest BCUT2D eigenvalue weighted by Gasteiger charge is 2.47. The zero-order chi connectivity index (χ0) is 28.8. The molecule has 0 unspecified atom stereocenters. The van der Waals surface area contributed by atoms with Crippen molar-refractivity contribution in [3.63, 3.8) is 0 Å². The Morgan fingerprint density at radius 3 is 2.30 bits per heavy atom. The number of aryl methyl sites for hydroxylation is 3. The zero-order valence-electron chi connectivity index (χ0n) is 22.1. The first-order valence-corrected chi connectivity index (χ1v) is 14.4. The number of anilines is 1. The highest BCUT2D eigenvalue weighted by atomic mass is 31.2. The maximum absolute atomic E-state index is 13.1. The predicted octanol–water partition coefficient (Wildman–Crippen LogP) is 5.03. The Hall–Kier alpha value is -3.21. The van der Waals surface area contributed by atoms with Crippen LogP contribution < -0.4 is 10.5 Å². The molecule has 0 spiro atoms. The van der Waals surface area contributed by atoms with Gasteiger partial charge in [0.1, 0.15) is 17.9 Å². The number of ether oxygens (including phenoxy) is 3. The van der Waals surface area contributed by atoms with E-state index in [1.54, 1.807) is 0 Å². The molecule has 40 heavy (non-hydrogen) atoms. The third kappa shape index (κ3) is 7.71. The van der Waals surface area contributed by atoms with Crippen molar-refractivity contribution in [1.29, 1.82) is 0 Å². The van der Waals surface area contributed by atoms with Crippen molar-refractivity contribution in [2.45, 2.75) is 31.8 Å². The van der Waals surface area contributed by atoms with E-state index in [1.807, 2.05) is 43.5 Å². The van der Waals surface area contributed by atoms with Crippen LogP contribution in [0.4, 0.5) is 14.6 Å². The fraction of sp³-hybridized carbons (Fsp3) is 0.357. The topological polar surface area (TPSA) is 137 Å². The second-order valence-electron chi connectivity index (χ2n) is 9.43. The molecule has 12 heteroatoms. The number of halogens is 2. The Balaban J connectivity index is 1.18. The minimum atomic E-state index is -5.48. The molecule has 2 heterocycles. The fourth-order valence-electron chi connectivity index (χ4n) is 4.12. The van der Waals surface area contributed by atoms with E-state index < -0.39 is 26.3 Å². The van der Waals surface area contributed by atoms with Crippen molar-refractivity contribution in [3.05, 3.63) is 71.4 Å². The number of fused-ring (bicyclic) bond motifs is 3. The molecule has 0 saturated carbocycles. The summed E-state index contributed by atoms with van der Waals surface area (Å²) in [6.07, 6.45) is 2.43. The molecule has 2 aromatic carbocycles. The monoisotopic (exact) mass is 575 g/mol. The summed E-state index contributed by atoms with van der Waals surface area (Å²) in [4.78, 5) is 26.2. The molecule has 0 aliphatic carbocycles. The van der Waals surface area contributed by atoms with Crippen LogP contribution in [0.2, 0.25) is 0 Å². The van der Waals surface area contributed by atoms with Gasteiger partial charge in [0.25, 0.3) is 0 Å². The number of pyridine rings is 2. The largest absolute Gasteiger partial charge is 0.491 e. The van der Waals surface area contributed by atoms with Gasteiger partial charge in [-0.15, -0.1) is 0 Å². The van der Waals surface area contributed by atoms with E-state index in [4.69, 9.17) is 29.7 Å². The second kappa shape index (κ2) is 13.0. The van der Waals surface area contributed by atoms with Crippen molar-refractivity contribution in [2.75, 3.05) is 38.8 Å². The third-order valence-electron chi connectivity index (χ3n) is 6.34. The van der Waals surface area contributed by atoms with Gasteiger partial charge in [0.2, 0.25) is 0 Å². The van der Waals surface area contributed by atoms with Gasteiger partial charge in [0.05, 0.1) is 31.9 Å². The average Bonchev–Trinajstić information content (AvgIpc) is 2.90. The smallest absolute Gasteiger partial charge is 0.394 e. The summed E-state index contributed by atoms with van der Waals surface area (Å²) >= 11 is 0. The molecule has 4 aromatic rings. The van der Waals surface area contributed by atoms with Crippen LogP contribution in [0.3, 0.4) is 0 Å². The molecule has 0 aliphatic heterocycles. The van der Waals surface area contributed by atoms with Crippen molar-refractivity contribution < 1.29 is 37.3 Å². The number of nitrogens with zero attached hydrogens (tertiary/aromatic N) is 2. The molecule has 9 nitrogen and oxygen atoms in total. The van der Waals surface area contributed by atoms with Gasteiger partial charge in [-0.05, 0) is 60.7 Å². The summed E-state index contributed by atoms with van der Waals surface area (Å²) in [5, 5.41) is 2.03. The van der Waals surface area contributed by atoms with Crippen LogP contribution in [-0.2, 0) is 26.9 Å². The lowest BCUT2D eigenvalue weighted by molar-refractivity contribution is -0.00382. The van der Waals surface area contributed by atoms with Crippen LogP contribution in [-0.4, -0.2) is 58.5 Å². The Bertz CT molecular complexity index is 1500. The van der Waals surface area contributed by atoms with E-state index in [1.165, 1.54) is 0 Å². The summed E-state index contributed by atoms with van der Waals surface area (Å²) in [5.74, 6) is 1.12. The van der Waals surface area contributed by atoms with Crippen LogP contribution in [0.15, 0.2) is 54.7 Å². The van der Waals surface area contributed by atoms with Gasteiger partial charge in [0, 0.05) is 23.4 Å². The van der Waals surface area contributed by atoms with Gasteiger partial charge in [-0.1, -0.05) is 24.3 Å². The maximum Gasteiger partial charge on any atom is 0.394 e. The molecule has 0 saturated heterocycles. The lowest BCUT2D eigenvalue weighted by Gasteiger charge is -2.17. The molecule has 214 valence electrons. The highest BCUT2D eigenvalue weighted by molar-refractivity contribution is 7.53. The molecule has 0 bridgehead atoms. The van der Waals surface area contributed by atoms with Crippen LogP contribution in [0.5, 0.6) is 5.75 Å². The standard InChI is InChI=1S/C28H32F2N3O6P/c1-19-2-9-23-24-17-21(18-32-26(24)27(31)33-25(23)16-19)4-3-20-5-7-22(8-6-20)39-15-14-38-13-12-37-11-10-28(29,30)40(34,35)36/h2,5-9,16-18H,3-4,10-15H2,1H3,(H2,31,33)(H2,34,35,36). The lowest BCUT2D eigenvalue weighted by Crippen LogP contribution is -2.20. The summed E-state index contributed by atoms with van der Waals surface area (Å²) in [6.45, 7) is 2.28. The van der Waals surface area contributed by atoms with Crippen molar-refractivity contribution in [2.24, 2.45) is 0 Å². The first kappa shape index (κ1) is 29.8. The molecular weight excluding hydrogens is 543 g/mol. The van der Waals surface area contributed by atoms with Gasteiger partial charge in [-0.3, -0.25) is 9.55 Å². The van der Waals surface area contributed by atoms with Crippen molar-refractivity contribution in [3.8, 4) is 5.75 Å². The number of alkyl halides is 2. The SMILES string of the molecule is Cc1ccc2c(c1)nc(N)c1ncc(CCc3ccc(OCCOCCOCCC(F)(F)P(=O)(O)O)cc3)cc12. The summed E-state index contributed by atoms with van der Waals surface area (Å²) in [5.41, 5.74) is 7.03. The number of rotatable bonds is 14. The molecule has 0 fully saturated rings. The van der Waals surface area contributed by atoms with E-state index in [9.17, 15) is 13.3 Å². The summed E-state index contributed by atoms with van der Waals surface area (Å²) in [6, 6.07) is 16.1. The Kier molecular flexibility index (Phi) is 9.65. The highest BCUT2D eigenvalue weighted by Crippen LogP contribution is 2.54. The molecule has 0 amide bonds. The van der Waals surface area contributed by atoms with Gasteiger partial charge in [0.15, 0.2) is 5.82 Å². The van der Waals surface area contributed by atoms with Crippen molar-refractivity contribution >= 4 is 35.2 Å². The minimum Gasteiger partial charge on any atom is -0.491 e. The number of hydrogen-bond acceptors (Lipinski definition) is 7. The quantitative estimate of drug-likeness (QED) is 0.107. The molecule has 2 aromatic heterocycles. The summed E-state index contributed by atoms with van der Waals surface area (Å²) < 4.78 is 52.9. The number of nitrogens with two attached hydrogens (primary N) is 1. The van der Waals surface area contributed by atoms with E-state index in [0.717, 1.165) is 45.8 Å². The maximum atomic E-state index is 13.1. The van der Waals surface area contributed by atoms with E-state index in [0.29, 0.717) is 23.7 Å². The zero-order valence-corrected chi connectivity index (χ0v) is 22.9. The number of hydrogen-bond donors (Lipinski definition) is 3. The molecule has 4 rings (SSSR count). The van der Waals surface area contributed by atoms with Crippen LogP contribution in [0.1, 0.15) is 23.1 Å². The normalized spacial score (nSPS) is 12.3. The van der Waals surface area contributed by atoms with Gasteiger partial charge in [-0.25, -0.2) is 4.98 Å². The number of nitrogen functional groups attached to an aromatic ring is 1. The Labute approximate surface area is 230 Å². The van der Waals surface area contributed by atoms with Gasteiger partial charge < -0.3 is 29.7 Å². The molecular formula is C28H32F2N3O6P. The number of benzene rings is 2. The van der Waals surface area contributed by atoms with E-state index in [-0.39, 0.29) is 19.8 Å². The third-order valence-corrected chi connectivity index (χ3v) is 7.41. The lowest BCUT2D eigenvalue weighted by atomic mass is 10.0. The predicted molar refractivity (Wildman–Crippen MR) is 149 cm³/mol. The second-order valence-corrected chi connectivity index (χ2v) is 11.2. The Morgan fingerprint density at radius 1 is 0.900 bits per heavy atom. The van der Waals surface area contributed by atoms with Crippen LogP contribution >= 0.6 is 7.60 Å². The molecule has 4 N–H and O–H groups in total. The minimum absolute atomic E-state index is 0.0266. The average molecular weight is 576 g/mol. The first-order valence-electron chi connectivity index (χ1n) is 12.8. The van der Waals surface area contributed by atoms with Crippen LogP contribution in [0, 0.1) is 6.92 Å². The van der Waals surface area contributed by atoms with E-state index >= 15 is 0 Å². The van der Waals surface area contributed by atoms with E-state index in [2.05, 4.69) is 28.2 Å². The Morgan fingerprint density at radius 2 is 1.57 bits per heavy atom. The van der Waals surface area contributed by atoms with Crippen molar-refractivity contribution in [1.82, 2.24) is 9.97 Å². The summed E-state index contributed by atoms with van der Waals surface area (Å²) in [7, 11) is -5.48. The molecule has 0 aliphatic rings. The fourth-order valence-corrected chi connectivity index (χ4v) is 4.50. The van der Waals surface area contributed by atoms with Gasteiger partial charge in [-0.2, -0.15) is 8.78 Å². The number of aromatic nitrogens is 2. The van der Waals surface area contributed by atoms with Gasteiger partial charge >= 0.3 is 13.3 Å².